The van der Waals surface area contributed by atoms with Crippen molar-refractivity contribution in [1.29, 1.82) is 0 Å². The fourth-order valence-corrected chi connectivity index (χ4v) is 2.99. The Morgan fingerprint density at radius 3 is 2.33 bits per heavy atom. The first-order valence-electron chi connectivity index (χ1n) is 5.06. The van der Waals surface area contributed by atoms with Gasteiger partial charge in [-0.25, -0.2) is 0 Å². The van der Waals surface area contributed by atoms with Crippen LogP contribution in [0, 0.1) is 5.92 Å². The molecule has 0 aromatic heterocycles. The fourth-order valence-electron chi connectivity index (χ4n) is 1.95. The summed E-state index contributed by atoms with van der Waals surface area (Å²) in [5.41, 5.74) is 0. The van der Waals surface area contributed by atoms with Crippen LogP contribution in [-0.2, 0) is 4.79 Å². The fraction of sp³-hybridized carbons (Fsp3) is 0.800. The smallest absolute Gasteiger partial charge is 0.585 e. The van der Waals surface area contributed by atoms with Gasteiger partial charge in [-0.3, -0.25) is 0 Å². The van der Waals surface area contributed by atoms with E-state index < -0.39 is 4.75 Å². The number of rotatable bonds is 4. The number of hydrogen-bond donors (Lipinski definition) is 0. The Bertz CT molecular complexity index is 260. The molecule has 2 amide bonds. The molecule has 5 heteroatoms. The zero-order valence-corrected chi connectivity index (χ0v) is 12.7. The Labute approximate surface area is 117 Å². The first-order valence-corrected chi connectivity index (χ1v) is 5.87. The van der Waals surface area contributed by atoms with E-state index in [0.717, 1.165) is 24.6 Å². The first kappa shape index (κ1) is 15.5. The number of thioether (sulfide) groups is 1. The first-order chi connectivity index (χ1) is 6.56. The summed E-state index contributed by atoms with van der Waals surface area (Å²) in [6.07, 6.45) is 2.69. The Morgan fingerprint density at radius 1 is 1.40 bits per heavy atom. The zero-order chi connectivity index (χ0) is 10.8. The van der Waals surface area contributed by atoms with Gasteiger partial charge in [0.2, 0.25) is 0 Å². The van der Waals surface area contributed by atoms with Gasteiger partial charge in [0.1, 0.15) is 5.24 Å². The van der Waals surface area contributed by atoms with Gasteiger partial charge in [-0.2, -0.15) is 0 Å². The van der Waals surface area contributed by atoms with Crippen LogP contribution in [0.2, 0.25) is 0 Å². The molecule has 3 nitrogen and oxygen atoms in total. The molecule has 1 heterocycles. The van der Waals surface area contributed by atoms with E-state index in [0.29, 0.717) is 6.42 Å². The summed E-state index contributed by atoms with van der Waals surface area (Å²) in [5.74, 6) is 0.00106. The van der Waals surface area contributed by atoms with Crippen LogP contribution in [0.25, 0.3) is 5.32 Å². The number of hydrogen-bond acceptors (Lipinski definition) is 3. The minimum absolute atomic E-state index is 0. The van der Waals surface area contributed by atoms with Gasteiger partial charge in [-0.05, 0) is 18.8 Å². The second-order valence-corrected chi connectivity index (χ2v) is 5.00. The Hall–Kier alpha value is 0.490. The van der Waals surface area contributed by atoms with Crippen molar-refractivity contribution in [2.75, 3.05) is 0 Å². The van der Waals surface area contributed by atoms with Crippen molar-refractivity contribution in [2.45, 2.75) is 44.8 Å². The Morgan fingerprint density at radius 2 is 2.00 bits per heavy atom. The van der Waals surface area contributed by atoms with E-state index in [1.54, 1.807) is 0 Å². The van der Waals surface area contributed by atoms with Crippen LogP contribution in [0.3, 0.4) is 0 Å². The summed E-state index contributed by atoms with van der Waals surface area (Å²) in [6, 6.07) is 0. The molecule has 1 aliphatic rings. The third-order valence-corrected chi connectivity index (χ3v) is 4.36. The molecular weight excluding hydrogens is 221 g/mol. The zero-order valence-electron chi connectivity index (χ0n) is 9.87. The molecule has 0 spiro atoms. The van der Waals surface area contributed by atoms with Crippen molar-refractivity contribution in [1.82, 2.24) is 0 Å². The summed E-state index contributed by atoms with van der Waals surface area (Å²) in [6.45, 7) is 6.07. The van der Waals surface area contributed by atoms with Crippen molar-refractivity contribution in [2.24, 2.45) is 5.92 Å². The van der Waals surface area contributed by atoms with Crippen LogP contribution in [0.15, 0.2) is 0 Å². The van der Waals surface area contributed by atoms with Crippen LogP contribution in [0.4, 0.5) is 4.79 Å². The second-order valence-electron chi connectivity index (χ2n) is 3.72. The molecule has 2 atom stereocenters. The molecule has 0 aromatic rings. The number of imide groups is 1. The van der Waals surface area contributed by atoms with E-state index in [4.69, 9.17) is 0 Å². The van der Waals surface area contributed by atoms with Gasteiger partial charge in [-0.1, -0.05) is 39.0 Å². The molecule has 15 heavy (non-hydrogen) atoms. The van der Waals surface area contributed by atoms with Gasteiger partial charge in [0.05, 0.1) is 10.7 Å². The molecule has 0 aliphatic carbocycles. The molecule has 0 radical (unpaired) electrons. The van der Waals surface area contributed by atoms with Crippen LogP contribution in [0.1, 0.15) is 40.0 Å². The average molecular weight is 237 g/mol. The van der Waals surface area contributed by atoms with Crippen LogP contribution in [0.5, 0.6) is 0 Å². The third-order valence-electron chi connectivity index (χ3n) is 2.87. The van der Waals surface area contributed by atoms with Crippen LogP contribution < -0.4 is 29.6 Å². The topological polar surface area (TPSA) is 48.2 Å². The summed E-state index contributed by atoms with van der Waals surface area (Å²) < 4.78 is -0.562. The standard InChI is InChI=1S/C10H17NO2S.Na/c1-4-6-7(3)10(5-2)8(12)11-9(13)14-10;/h7H,4-6H2,1-3H3,(H,11,12,13);/q;+1/p-1. The molecule has 2 unspecified atom stereocenters. The van der Waals surface area contributed by atoms with Gasteiger partial charge in [-0.15, -0.1) is 0 Å². The minimum atomic E-state index is -0.562. The van der Waals surface area contributed by atoms with Gasteiger partial charge >= 0.3 is 29.6 Å². The number of amides is 2. The van der Waals surface area contributed by atoms with Crippen molar-refractivity contribution in [3.05, 3.63) is 5.32 Å². The molecule has 0 bridgehead atoms. The summed E-state index contributed by atoms with van der Waals surface area (Å²) >= 11 is 1.11. The maximum absolute atomic E-state index is 11.6. The third kappa shape index (κ3) is 2.99. The molecule has 1 fully saturated rings. The minimum Gasteiger partial charge on any atom is -0.585 e. The molecule has 0 aromatic carbocycles. The largest absolute Gasteiger partial charge is 1.00 e. The SMILES string of the molecule is CCCC(C)C1(CC)SC(=O)[N-]C1=O.[Na+]. The van der Waals surface area contributed by atoms with Crippen LogP contribution in [-0.4, -0.2) is 15.9 Å². The second kappa shape index (κ2) is 6.28. The van der Waals surface area contributed by atoms with Crippen molar-refractivity contribution < 1.29 is 39.1 Å². The number of carbonyl (C=O) groups excluding carboxylic acids is 2. The predicted molar refractivity (Wildman–Crippen MR) is 58.4 cm³/mol. The van der Waals surface area contributed by atoms with Gasteiger partial charge in [0.15, 0.2) is 0 Å². The predicted octanol–water partition coefficient (Wildman–Crippen LogP) is 0.343. The molecule has 0 saturated carbocycles. The Kier molecular flexibility index (Phi) is 6.49. The van der Waals surface area contributed by atoms with Crippen LogP contribution >= 0.6 is 11.8 Å². The van der Waals surface area contributed by atoms with E-state index in [2.05, 4.69) is 12.2 Å². The number of carbonyl (C=O) groups is 2. The van der Waals surface area contributed by atoms with E-state index in [1.807, 2.05) is 13.8 Å². The summed E-state index contributed by atoms with van der Waals surface area (Å²) in [5, 5.41) is 3.18. The quantitative estimate of drug-likeness (QED) is 0.663. The van der Waals surface area contributed by atoms with Gasteiger partial charge < -0.3 is 14.9 Å². The maximum Gasteiger partial charge on any atom is 1.00 e. The van der Waals surface area contributed by atoms with Gasteiger partial charge in [0.25, 0.3) is 0 Å². The monoisotopic (exact) mass is 237 g/mol. The molecule has 1 saturated heterocycles. The van der Waals surface area contributed by atoms with E-state index in [-0.39, 0.29) is 46.6 Å². The van der Waals surface area contributed by atoms with E-state index in [1.165, 1.54) is 0 Å². The normalized spacial score (nSPS) is 27.1. The molecular formula is C10H16NNaO2S. The van der Waals surface area contributed by atoms with Crippen molar-refractivity contribution >= 4 is 22.9 Å². The summed E-state index contributed by atoms with van der Waals surface area (Å²) in [7, 11) is 0. The molecule has 1 aliphatic heterocycles. The maximum atomic E-state index is 11.6. The van der Waals surface area contributed by atoms with E-state index in [9.17, 15) is 9.59 Å². The van der Waals surface area contributed by atoms with Crippen molar-refractivity contribution in [3.8, 4) is 0 Å². The van der Waals surface area contributed by atoms with E-state index >= 15 is 0 Å². The molecule has 80 valence electrons. The molecule has 1 rings (SSSR count). The average Bonchev–Trinajstić information content (AvgIpc) is 2.42. The number of nitrogens with zero attached hydrogens (tertiary/aromatic N) is 1. The van der Waals surface area contributed by atoms with Gasteiger partial charge in [0, 0.05) is 0 Å². The summed E-state index contributed by atoms with van der Waals surface area (Å²) in [4.78, 5) is 22.8. The van der Waals surface area contributed by atoms with Crippen molar-refractivity contribution in [3.63, 3.8) is 0 Å². The molecule has 0 N–H and O–H groups in total. The Balaban J connectivity index is 0.00000196.